The van der Waals surface area contributed by atoms with Crippen LogP contribution in [0.25, 0.3) is 0 Å². The Morgan fingerprint density at radius 3 is 2.81 bits per heavy atom. The van der Waals surface area contributed by atoms with E-state index in [4.69, 9.17) is 0 Å². The number of carboxylic acid groups (broad SMARTS) is 1. The van der Waals surface area contributed by atoms with Crippen molar-refractivity contribution in [1.29, 1.82) is 0 Å². The van der Waals surface area contributed by atoms with E-state index < -0.39 is 11.9 Å². The third-order valence-corrected chi connectivity index (χ3v) is 3.29. The first-order valence-electron chi connectivity index (χ1n) is 5.77. The van der Waals surface area contributed by atoms with Gasteiger partial charge in [-0.3, -0.25) is 4.79 Å². The molecular formula is C13H17O3-. The van der Waals surface area contributed by atoms with Gasteiger partial charge >= 0.3 is 0 Å². The second-order valence-electron chi connectivity index (χ2n) is 4.29. The average molecular weight is 221 g/mol. The summed E-state index contributed by atoms with van der Waals surface area (Å²) >= 11 is 0. The lowest BCUT2D eigenvalue weighted by Gasteiger charge is -2.24. The molecule has 1 aliphatic carbocycles. The predicted molar refractivity (Wildman–Crippen MR) is 58.1 cm³/mol. The van der Waals surface area contributed by atoms with Crippen LogP contribution in [0.2, 0.25) is 0 Å². The maximum absolute atomic E-state index is 11.6. The van der Waals surface area contributed by atoms with E-state index in [9.17, 15) is 14.7 Å². The van der Waals surface area contributed by atoms with Gasteiger partial charge < -0.3 is 9.90 Å². The Morgan fingerprint density at radius 1 is 1.56 bits per heavy atom. The number of hydrogen-bond donors (Lipinski definition) is 0. The van der Waals surface area contributed by atoms with Crippen LogP contribution in [0.1, 0.15) is 39.5 Å². The molecule has 0 aromatic rings. The summed E-state index contributed by atoms with van der Waals surface area (Å²) in [6.45, 7) is 3.57. The minimum absolute atomic E-state index is 0.0938. The lowest BCUT2D eigenvalue weighted by atomic mass is 9.83. The van der Waals surface area contributed by atoms with Gasteiger partial charge in [0.25, 0.3) is 0 Å². The molecule has 88 valence electrons. The minimum atomic E-state index is -1.06. The van der Waals surface area contributed by atoms with E-state index >= 15 is 0 Å². The molecule has 16 heavy (non-hydrogen) atoms. The second kappa shape index (κ2) is 5.69. The summed E-state index contributed by atoms with van der Waals surface area (Å²) in [6, 6.07) is 0. The van der Waals surface area contributed by atoms with Crippen LogP contribution in [-0.2, 0) is 9.59 Å². The molecule has 0 heterocycles. The van der Waals surface area contributed by atoms with E-state index in [1.54, 1.807) is 6.92 Å². The third kappa shape index (κ3) is 2.85. The maximum atomic E-state index is 11.6. The first-order valence-corrected chi connectivity index (χ1v) is 5.77. The van der Waals surface area contributed by atoms with Crippen molar-refractivity contribution >= 4 is 11.8 Å². The quantitative estimate of drug-likeness (QED) is 0.661. The van der Waals surface area contributed by atoms with Gasteiger partial charge in [0.05, 0.1) is 0 Å². The van der Waals surface area contributed by atoms with Crippen LogP contribution < -0.4 is 5.11 Å². The van der Waals surface area contributed by atoms with E-state index in [-0.39, 0.29) is 17.6 Å². The van der Waals surface area contributed by atoms with Gasteiger partial charge in [0.2, 0.25) is 0 Å². The molecule has 0 aromatic heterocycles. The smallest absolute Gasteiger partial charge is 0.137 e. The number of carbonyl (C=O) groups excluding carboxylic acids is 2. The fourth-order valence-electron chi connectivity index (χ4n) is 2.28. The molecule has 3 unspecified atom stereocenters. The summed E-state index contributed by atoms with van der Waals surface area (Å²) in [5.74, 6) is 4.11. The fourth-order valence-corrected chi connectivity index (χ4v) is 2.28. The Morgan fingerprint density at radius 2 is 2.25 bits per heavy atom. The first-order chi connectivity index (χ1) is 7.57. The molecule has 0 radical (unpaired) electrons. The molecule has 0 amide bonds. The first kappa shape index (κ1) is 12.8. The van der Waals surface area contributed by atoms with Crippen molar-refractivity contribution in [2.45, 2.75) is 39.5 Å². The van der Waals surface area contributed by atoms with Gasteiger partial charge in [0.1, 0.15) is 5.78 Å². The van der Waals surface area contributed by atoms with Crippen LogP contribution in [-0.4, -0.2) is 11.8 Å². The van der Waals surface area contributed by atoms with E-state index in [1.165, 1.54) is 0 Å². The lowest BCUT2D eigenvalue weighted by molar-refractivity contribution is -0.312. The van der Waals surface area contributed by atoms with Crippen LogP contribution >= 0.6 is 0 Å². The number of carboxylic acids is 1. The zero-order valence-electron chi connectivity index (χ0n) is 9.79. The van der Waals surface area contributed by atoms with Crippen LogP contribution in [0, 0.1) is 29.6 Å². The Labute approximate surface area is 96.2 Å². The van der Waals surface area contributed by atoms with Crippen molar-refractivity contribution in [2.24, 2.45) is 17.8 Å². The highest BCUT2D eigenvalue weighted by Crippen LogP contribution is 2.36. The molecule has 3 atom stereocenters. The number of Topliss-reactive ketones (excluding diaryl/α,β-unsaturated/α-hetero) is 1. The Kier molecular flexibility index (Phi) is 4.54. The van der Waals surface area contributed by atoms with Crippen molar-refractivity contribution < 1.29 is 14.7 Å². The Balaban J connectivity index is 2.69. The van der Waals surface area contributed by atoms with Crippen LogP contribution in [0.4, 0.5) is 0 Å². The van der Waals surface area contributed by atoms with E-state index in [2.05, 4.69) is 11.8 Å². The molecule has 0 aliphatic heterocycles. The zero-order valence-corrected chi connectivity index (χ0v) is 9.79. The van der Waals surface area contributed by atoms with Gasteiger partial charge in [-0.25, -0.2) is 0 Å². The van der Waals surface area contributed by atoms with E-state index in [1.807, 2.05) is 6.92 Å². The van der Waals surface area contributed by atoms with Gasteiger partial charge in [-0.05, 0) is 18.3 Å². The zero-order chi connectivity index (χ0) is 12.1. The maximum Gasteiger partial charge on any atom is 0.137 e. The molecule has 0 saturated heterocycles. The summed E-state index contributed by atoms with van der Waals surface area (Å²) < 4.78 is 0. The molecule has 1 saturated carbocycles. The average Bonchev–Trinajstić information content (AvgIpc) is 2.60. The summed E-state index contributed by atoms with van der Waals surface area (Å²) in [5.41, 5.74) is 0. The number of ketones is 1. The summed E-state index contributed by atoms with van der Waals surface area (Å²) in [6.07, 6.45) is 2.41. The van der Waals surface area contributed by atoms with Gasteiger partial charge in [-0.2, -0.15) is 0 Å². The lowest BCUT2D eigenvalue weighted by Crippen LogP contribution is -2.36. The molecule has 0 N–H and O–H groups in total. The van der Waals surface area contributed by atoms with Gasteiger partial charge in [0, 0.05) is 31.1 Å². The summed E-state index contributed by atoms with van der Waals surface area (Å²) in [5, 5.41) is 10.8. The highest BCUT2D eigenvalue weighted by Gasteiger charge is 2.37. The van der Waals surface area contributed by atoms with Crippen LogP contribution in [0.5, 0.6) is 0 Å². The topological polar surface area (TPSA) is 57.2 Å². The molecule has 3 heteroatoms. The molecule has 3 nitrogen and oxygen atoms in total. The summed E-state index contributed by atoms with van der Waals surface area (Å²) in [4.78, 5) is 22.4. The standard InChI is InChI=1S/C13H18O3/c1-3-4-5-6-11-10(7-8-12(11)14)9(2)13(15)16/h9-11H,3,6-8H2,1-2H3,(H,15,16)/p-1. The monoisotopic (exact) mass is 221 g/mol. The SMILES string of the molecule is CCC#CCC1C(=O)CCC1C(C)C(=O)[O-]. The molecular weight excluding hydrogens is 204 g/mol. The minimum Gasteiger partial charge on any atom is -0.550 e. The highest BCUT2D eigenvalue weighted by atomic mass is 16.4. The normalized spacial score (nSPS) is 26.0. The molecule has 0 aromatic carbocycles. The second-order valence-corrected chi connectivity index (χ2v) is 4.29. The van der Waals surface area contributed by atoms with Crippen molar-refractivity contribution in [3.63, 3.8) is 0 Å². The molecule has 0 bridgehead atoms. The van der Waals surface area contributed by atoms with Crippen LogP contribution in [0.3, 0.4) is 0 Å². The predicted octanol–water partition coefficient (Wildman–Crippen LogP) is 0.771. The third-order valence-electron chi connectivity index (χ3n) is 3.29. The molecule has 1 fully saturated rings. The fraction of sp³-hybridized carbons (Fsp3) is 0.692. The van der Waals surface area contributed by atoms with E-state index in [0.29, 0.717) is 19.3 Å². The Hall–Kier alpha value is -1.30. The van der Waals surface area contributed by atoms with Gasteiger partial charge in [0.15, 0.2) is 0 Å². The largest absolute Gasteiger partial charge is 0.550 e. The van der Waals surface area contributed by atoms with Crippen molar-refractivity contribution in [1.82, 2.24) is 0 Å². The number of carbonyl (C=O) groups is 2. The molecule has 1 aliphatic rings. The van der Waals surface area contributed by atoms with Crippen molar-refractivity contribution in [3.05, 3.63) is 0 Å². The Bertz CT molecular complexity index is 335. The number of rotatable bonds is 3. The van der Waals surface area contributed by atoms with Gasteiger partial charge in [-0.1, -0.05) is 13.8 Å². The summed E-state index contributed by atoms with van der Waals surface area (Å²) in [7, 11) is 0. The number of hydrogen-bond acceptors (Lipinski definition) is 3. The molecule has 1 rings (SSSR count). The van der Waals surface area contributed by atoms with Crippen molar-refractivity contribution in [3.8, 4) is 11.8 Å². The van der Waals surface area contributed by atoms with Crippen molar-refractivity contribution in [2.75, 3.05) is 0 Å². The molecule has 0 spiro atoms. The van der Waals surface area contributed by atoms with Gasteiger partial charge in [-0.15, -0.1) is 11.8 Å². The van der Waals surface area contributed by atoms with Crippen LogP contribution in [0.15, 0.2) is 0 Å². The van der Waals surface area contributed by atoms with E-state index in [0.717, 1.165) is 6.42 Å². The highest BCUT2D eigenvalue weighted by molar-refractivity contribution is 5.84. The number of aliphatic carboxylic acids is 1.